The Bertz CT molecular complexity index is 1850. The van der Waals surface area contributed by atoms with Gasteiger partial charge in [0, 0.05) is 37.5 Å². The largest absolute Gasteiger partial charge is 0.481 e. The normalized spacial score (nSPS) is 10.8. The number of aromatic nitrogens is 5. The number of carbonyl (C=O) groups excluding carboxylic acids is 1. The number of methoxy groups -OCH3 is 1. The highest BCUT2D eigenvalue weighted by atomic mass is 16.5. The number of pyridine rings is 1. The van der Waals surface area contributed by atoms with Gasteiger partial charge in [-0.2, -0.15) is 4.98 Å². The summed E-state index contributed by atoms with van der Waals surface area (Å²) in [5.74, 6) is 0.497. The molecule has 2 aromatic carbocycles. The fourth-order valence-electron chi connectivity index (χ4n) is 4.54. The Balaban J connectivity index is 1.10. The number of nitrogens with zero attached hydrogens (tertiary/aromatic N) is 3. The first-order chi connectivity index (χ1) is 21.4. The fraction of sp³-hybridized carbons (Fsp3) is 0.188. The first kappa shape index (κ1) is 29.9. The third-order valence-corrected chi connectivity index (χ3v) is 6.91. The number of benzene rings is 2. The molecule has 12 heteroatoms. The van der Waals surface area contributed by atoms with E-state index >= 15 is 0 Å². The van der Waals surface area contributed by atoms with E-state index in [2.05, 4.69) is 67.0 Å². The number of nitrogens with one attached hydrogen (secondary N) is 4. The van der Waals surface area contributed by atoms with E-state index in [1.807, 2.05) is 30.3 Å². The Labute approximate surface area is 252 Å². The minimum Gasteiger partial charge on any atom is -0.481 e. The van der Waals surface area contributed by atoms with Crippen LogP contribution in [0.25, 0.3) is 22.4 Å². The molecule has 224 valence electrons. The number of ether oxygens (including phenoxy) is 2. The van der Waals surface area contributed by atoms with E-state index in [1.54, 1.807) is 13.2 Å². The molecule has 44 heavy (non-hydrogen) atoms. The lowest BCUT2D eigenvalue weighted by Gasteiger charge is -2.14. The molecular weight excluding hydrogens is 562 g/mol. The SMILES string of the molecule is COc1nc(OCc2cccc(-c3ccccc3)c2C)ccc1CNCCNC(=O)c1ccc(-c2c[nH]c(=O)[nH]c2=O)nn1. The quantitative estimate of drug-likeness (QED) is 0.159. The van der Waals surface area contributed by atoms with Crippen molar-refractivity contribution in [3.63, 3.8) is 0 Å². The molecule has 0 bridgehead atoms. The number of rotatable bonds is 12. The van der Waals surface area contributed by atoms with Crippen molar-refractivity contribution in [2.45, 2.75) is 20.1 Å². The Morgan fingerprint density at radius 2 is 1.73 bits per heavy atom. The molecule has 5 aromatic rings. The monoisotopic (exact) mass is 593 g/mol. The summed E-state index contributed by atoms with van der Waals surface area (Å²) in [6.45, 7) is 3.74. The molecule has 3 heterocycles. The molecule has 0 unspecified atom stereocenters. The molecular formula is C32H31N7O5. The van der Waals surface area contributed by atoms with E-state index in [0.717, 1.165) is 22.3 Å². The Kier molecular flexibility index (Phi) is 9.52. The molecule has 0 saturated carbocycles. The van der Waals surface area contributed by atoms with Crippen LogP contribution in [-0.4, -0.2) is 51.3 Å². The molecule has 0 saturated heterocycles. The van der Waals surface area contributed by atoms with Crippen LogP contribution in [0.5, 0.6) is 11.8 Å². The smallest absolute Gasteiger partial charge is 0.325 e. The maximum absolute atomic E-state index is 12.5. The second-order valence-electron chi connectivity index (χ2n) is 9.78. The van der Waals surface area contributed by atoms with Gasteiger partial charge in [0.15, 0.2) is 5.69 Å². The first-order valence-corrected chi connectivity index (χ1v) is 13.9. The van der Waals surface area contributed by atoms with Crippen molar-refractivity contribution in [1.82, 2.24) is 35.8 Å². The molecule has 0 aliphatic heterocycles. The standard InChI is InChI=1S/C32H31N7O5/c1-20-23(9-6-10-24(20)21-7-4-3-5-8-21)19-44-28-14-11-22(31(36-28)43-2)17-33-15-16-34-30(41)27-13-12-26(38-39-27)25-18-35-32(42)37-29(25)40/h3-14,18,33H,15-17,19H2,1-2H3,(H,34,41)(H2,35,37,40,42). The summed E-state index contributed by atoms with van der Waals surface area (Å²) in [7, 11) is 1.56. The molecule has 5 rings (SSSR count). The number of hydrogen-bond acceptors (Lipinski definition) is 9. The highest BCUT2D eigenvalue weighted by Gasteiger charge is 2.12. The van der Waals surface area contributed by atoms with Crippen LogP contribution in [0.2, 0.25) is 0 Å². The highest BCUT2D eigenvalue weighted by Crippen LogP contribution is 2.27. The minimum atomic E-state index is -0.621. The maximum atomic E-state index is 12.5. The van der Waals surface area contributed by atoms with Gasteiger partial charge in [-0.1, -0.05) is 48.5 Å². The van der Waals surface area contributed by atoms with Gasteiger partial charge in [-0.05, 0) is 47.4 Å². The van der Waals surface area contributed by atoms with E-state index in [-0.39, 0.29) is 17.0 Å². The fourth-order valence-corrected chi connectivity index (χ4v) is 4.54. The van der Waals surface area contributed by atoms with Gasteiger partial charge in [-0.15, -0.1) is 10.2 Å². The topological polar surface area (TPSA) is 164 Å². The van der Waals surface area contributed by atoms with Crippen LogP contribution in [0.15, 0.2) is 88.6 Å². The number of amides is 1. The Morgan fingerprint density at radius 1 is 0.886 bits per heavy atom. The molecule has 0 aliphatic carbocycles. The molecule has 4 N–H and O–H groups in total. The molecule has 0 radical (unpaired) electrons. The average molecular weight is 594 g/mol. The van der Waals surface area contributed by atoms with Gasteiger partial charge in [-0.25, -0.2) is 4.79 Å². The number of carbonyl (C=O) groups is 1. The van der Waals surface area contributed by atoms with Crippen molar-refractivity contribution < 1.29 is 14.3 Å². The van der Waals surface area contributed by atoms with Gasteiger partial charge in [0.05, 0.1) is 18.4 Å². The van der Waals surface area contributed by atoms with Gasteiger partial charge in [0.2, 0.25) is 11.8 Å². The summed E-state index contributed by atoms with van der Waals surface area (Å²) >= 11 is 0. The summed E-state index contributed by atoms with van der Waals surface area (Å²) in [6.07, 6.45) is 1.24. The second-order valence-corrected chi connectivity index (χ2v) is 9.78. The zero-order valence-corrected chi connectivity index (χ0v) is 24.2. The van der Waals surface area contributed by atoms with Crippen LogP contribution >= 0.6 is 0 Å². The number of aromatic amines is 2. The third-order valence-electron chi connectivity index (χ3n) is 6.91. The van der Waals surface area contributed by atoms with Crippen LogP contribution < -0.4 is 31.4 Å². The maximum Gasteiger partial charge on any atom is 0.325 e. The van der Waals surface area contributed by atoms with Crippen molar-refractivity contribution in [3.8, 4) is 34.1 Å². The molecule has 0 aliphatic rings. The van der Waals surface area contributed by atoms with Gasteiger partial charge < -0.3 is 25.1 Å². The predicted molar refractivity (Wildman–Crippen MR) is 164 cm³/mol. The molecule has 12 nitrogen and oxygen atoms in total. The van der Waals surface area contributed by atoms with Gasteiger partial charge in [0.25, 0.3) is 11.5 Å². The van der Waals surface area contributed by atoms with Crippen LogP contribution in [0, 0.1) is 6.92 Å². The van der Waals surface area contributed by atoms with Crippen molar-refractivity contribution in [2.75, 3.05) is 20.2 Å². The summed E-state index contributed by atoms with van der Waals surface area (Å²) in [6, 6.07) is 23.1. The zero-order chi connectivity index (χ0) is 30.9. The Hall–Kier alpha value is -5.62. The summed E-state index contributed by atoms with van der Waals surface area (Å²) in [4.78, 5) is 44.6. The average Bonchev–Trinajstić information content (AvgIpc) is 3.05. The van der Waals surface area contributed by atoms with Crippen LogP contribution in [0.1, 0.15) is 27.2 Å². The van der Waals surface area contributed by atoms with Gasteiger partial charge >= 0.3 is 5.69 Å². The van der Waals surface area contributed by atoms with Crippen molar-refractivity contribution in [2.24, 2.45) is 0 Å². The predicted octanol–water partition coefficient (Wildman–Crippen LogP) is 3.00. The summed E-state index contributed by atoms with van der Waals surface area (Å²) < 4.78 is 11.5. The van der Waals surface area contributed by atoms with Crippen molar-refractivity contribution in [1.29, 1.82) is 0 Å². The minimum absolute atomic E-state index is 0.0954. The van der Waals surface area contributed by atoms with Crippen molar-refractivity contribution >= 4 is 5.91 Å². The molecule has 0 spiro atoms. The third kappa shape index (κ3) is 7.23. The lowest BCUT2D eigenvalue weighted by molar-refractivity contribution is 0.0948. The lowest BCUT2D eigenvalue weighted by atomic mass is 9.97. The number of H-pyrrole nitrogens is 2. The van der Waals surface area contributed by atoms with E-state index < -0.39 is 17.2 Å². The van der Waals surface area contributed by atoms with Crippen LogP contribution in [-0.2, 0) is 13.2 Å². The molecule has 1 amide bonds. The van der Waals surface area contributed by atoms with Crippen LogP contribution in [0.3, 0.4) is 0 Å². The van der Waals surface area contributed by atoms with E-state index in [4.69, 9.17) is 9.47 Å². The van der Waals surface area contributed by atoms with Crippen LogP contribution in [0.4, 0.5) is 0 Å². The first-order valence-electron chi connectivity index (χ1n) is 13.9. The second kappa shape index (κ2) is 14.0. The highest BCUT2D eigenvalue weighted by molar-refractivity contribution is 5.92. The number of hydrogen-bond donors (Lipinski definition) is 4. The molecule has 3 aromatic heterocycles. The van der Waals surface area contributed by atoms with Crippen molar-refractivity contribution in [3.05, 3.63) is 122 Å². The molecule has 0 atom stereocenters. The Morgan fingerprint density at radius 3 is 2.48 bits per heavy atom. The zero-order valence-electron chi connectivity index (χ0n) is 24.2. The van der Waals surface area contributed by atoms with Gasteiger partial charge in [-0.3, -0.25) is 14.6 Å². The summed E-state index contributed by atoms with van der Waals surface area (Å²) in [5, 5.41) is 13.8. The van der Waals surface area contributed by atoms with E-state index in [0.29, 0.717) is 38.0 Å². The lowest BCUT2D eigenvalue weighted by Crippen LogP contribution is -2.32. The van der Waals surface area contributed by atoms with E-state index in [9.17, 15) is 14.4 Å². The summed E-state index contributed by atoms with van der Waals surface area (Å²) in [5.41, 5.74) is 4.65. The molecule has 0 fully saturated rings. The van der Waals surface area contributed by atoms with Gasteiger partial charge in [0.1, 0.15) is 6.61 Å². The van der Waals surface area contributed by atoms with E-state index in [1.165, 1.54) is 23.9 Å².